The highest BCUT2D eigenvalue weighted by molar-refractivity contribution is 7.89. The normalized spacial score (nSPS) is 14.6. The zero-order valence-corrected chi connectivity index (χ0v) is 29.1. The second-order valence-corrected chi connectivity index (χ2v) is 14.0. The van der Waals surface area contributed by atoms with Gasteiger partial charge in [0.1, 0.15) is 25.9 Å². The fourth-order valence-electron chi connectivity index (χ4n) is 5.74. The Balaban J connectivity index is 1.33. The highest BCUT2D eigenvalue weighted by Crippen LogP contribution is 2.41. The van der Waals surface area contributed by atoms with Crippen LogP contribution in [0.25, 0.3) is 0 Å². The van der Waals surface area contributed by atoms with E-state index in [4.69, 9.17) is 14.2 Å². The van der Waals surface area contributed by atoms with Gasteiger partial charge in [-0.05, 0) is 41.0 Å². The summed E-state index contributed by atoms with van der Waals surface area (Å²) in [6, 6.07) is 33.9. The van der Waals surface area contributed by atoms with E-state index in [2.05, 4.69) is 0 Å². The van der Waals surface area contributed by atoms with Gasteiger partial charge in [-0.15, -0.1) is 0 Å². The summed E-state index contributed by atoms with van der Waals surface area (Å²) in [6.07, 6.45) is 0. The van der Waals surface area contributed by atoms with Crippen molar-refractivity contribution >= 4 is 27.6 Å². The fraction of sp³-hybridized carbons (Fsp3) is 0.179. The van der Waals surface area contributed by atoms with Crippen molar-refractivity contribution in [1.82, 2.24) is 9.21 Å². The van der Waals surface area contributed by atoms with Crippen LogP contribution in [0.1, 0.15) is 27.0 Å². The summed E-state index contributed by atoms with van der Waals surface area (Å²) in [6.45, 7) is -0.627. The summed E-state index contributed by atoms with van der Waals surface area (Å²) >= 11 is 0. The van der Waals surface area contributed by atoms with Crippen LogP contribution in [-0.2, 0) is 34.6 Å². The molecule has 0 aromatic heterocycles. The number of rotatable bonds is 14. The number of hydrogen-bond donors (Lipinski definition) is 1. The SMILES string of the molecule is O=C(O)C1CN(S(=O)(=O)c2ccc([N+](=O)[O-])cc2)CCN1C(=O)c1cc(OCc2ccccc2)c(OCc2ccccc2)c(OCc2ccccc2)c1. The molecule has 0 bridgehead atoms. The molecule has 0 saturated carbocycles. The zero-order valence-electron chi connectivity index (χ0n) is 28.3. The molecule has 1 aliphatic heterocycles. The fourth-order valence-corrected chi connectivity index (χ4v) is 7.18. The molecule has 1 aliphatic rings. The molecule has 0 spiro atoms. The van der Waals surface area contributed by atoms with Crippen LogP contribution < -0.4 is 14.2 Å². The summed E-state index contributed by atoms with van der Waals surface area (Å²) in [5.74, 6) is -1.49. The van der Waals surface area contributed by atoms with Crippen molar-refractivity contribution in [3.8, 4) is 17.2 Å². The van der Waals surface area contributed by atoms with Crippen molar-refractivity contribution in [3.63, 3.8) is 0 Å². The maximum Gasteiger partial charge on any atom is 0.327 e. The zero-order chi connectivity index (χ0) is 37.4. The van der Waals surface area contributed by atoms with Gasteiger partial charge in [-0.2, -0.15) is 4.31 Å². The van der Waals surface area contributed by atoms with Gasteiger partial charge < -0.3 is 24.2 Å². The van der Waals surface area contributed by atoms with E-state index in [0.29, 0.717) is 0 Å². The van der Waals surface area contributed by atoms with Crippen molar-refractivity contribution in [2.45, 2.75) is 30.8 Å². The third kappa shape index (κ3) is 8.80. The molecular weight excluding hydrogens is 703 g/mol. The van der Waals surface area contributed by atoms with Gasteiger partial charge >= 0.3 is 5.97 Å². The minimum Gasteiger partial charge on any atom is -0.485 e. The summed E-state index contributed by atoms with van der Waals surface area (Å²) < 4.78 is 46.7. The van der Waals surface area contributed by atoms with E-state index >= 15 is 0 Å². The Labute approximate surface area is 305 Å². The Hall–Kier alpha value is -6.25. The van der Waals surface area contributed by atoms with E-state index < -0.39 is 39.4 Å². The van der Waals surface area contributed by atoms with E-state index in [1.165, 1.54) is 12.1 Å². The number of piperazine rings is 1. The summed E-state index contributed by atoms with van der Waals surface area (Å²) in [4.78, 5) is 38.1. The molecule has 13 nitrogen and oxygen atoms in total. The summed E-state index contributed by atoms with van der Waals surface area (Å²) in [7, 11) is -4.25. The summed E-state index contributed by atoms with van der Waals surface area (Å²) in [5.41, 5.74) is 2.32. The smallest absolute Gasteiger partial charge is 0.327 e. The predicted octanol–water partition coefficient (Wildman–Crippen LogP) is 5.93. The number of non-ortho nitro benzene ring substituents is 1. The number of nitrogens with zero attached hydrogens (tertiary/aromatic N) is 3. The number of ether oxygens (including phenoxy) is 3. The van der Waals surface area contributed by atoms with Crippen LogP contribution >= 0.6 is 0 Å². The third-order valence-corrected chi connectivity index (χ3v) is 10.4. The average Bonchev–Trinajstić information content (AvgIpc) is 3.19. The first-order chi connectivity index (χ1) is 25.6. The van der Waals surface area contributed by atoms with Crippen molar-refractivity contribution < 1.29 is 42.2 Å². The second-order valence-electron chi connectivity index (χ2n) is 12.1. The van der Waals surface area contributed by atoms with Crippen LogP contribution in [0, 0.1) is 10.1 Å². The van der Waals surface area contributed by atoms with Crippen LogP contribution in [0.3, 0.4) is 0 Å². The van der Waals surface area contributed by atoms with E-state index in [1.54, 1.807) is 0 Å². The van der Waals surface area contributed by atoms with Gasteiger partial charge in [0.2, 0.25) is 15.8 Å². The lowest BCUT2D eigenvalue weighted by atomic mass is 10.1. The number of carbonyl (C=O) groups excluding carboxylic acids is 1. The maximum absolute atomic E-state index is 14.3. The molecular formula is C39H35N3O10S. The van der Waals surface area contributed by atoms with Crippen molar-refractivity contribution in [2.75, 3.05) is 19.6 Å². The second kappa shape index (κ2) is 16.4. The van der Waals surface area contributed by atoms with Crippen molar-refractivity contribution in [2.24, 2.45) is 0 Å². The lowest BCUT2D eigenvalue weighted by molar-refractivity contribution is -0.384. The number of amides is 1. The Morgan fingerprint density at radius 2 is 1.19 bits per heavy atom. The first-order valence-electron chi connectivity index (χ1n) is 16.6. The Morgan fingerprint density at radius 1 is 0.717 bits per heavy atom. The minimum atomic E-state index is -4.25. The minimum absolute atomic E-state index is 0.0427. The Bertz CT molecular complexity index is 2100. The molecule has 1 saturated heterocycles. The number of aliphatic carboxylic acids is 1. The third-order valence-electron chi connectivity index (χ3n) is 8.54. The standard InChI is InChI=1S/C39H35N3O10S/c43-38(41-21-20-40(24-34(41)39(44)45)53(48,49)33-18-16-32(17-19-33)42(46)47)31-22-35(50-25-28-10-4-1-5-11-28)37(52-27-30-14-8-3-9-15-30)36(23-31)51-26-29-12-6-2-7-13-29/h1-19,22-23,34H,20-21,24-27H2,(H,44,45). The molecule has 14 heteroatoms. The van der Waals surface area contributed by atoms with Crippen molar-refractivity contribution in [3.05, 3.63) is 160 Å². The van der Waals surface area contributed by atoms with Gasteiger partial charge in [0.05, 0.1) is 9.82 Å². The first kappa shape index (κ1) is 36.5. The molecule has 272 valence electrons. The Kier molecular flexibility index (Phi) is 11.3. The quantitative estimate of drug-likeness (QED) is 0.107. The molecule has 5 aromatic rings. The first-order valence-corrected chi connectivity index (χ1v) is 18.0. The Morgan fingerprint density at radius 3 is 1.64 bits per heavy atom. The van der Waals surface area contributed by atoms with Crippen LogP contribution in [0.15, 0.2) is 132 Å². The lowest BCUT2D eigenvalue weighted by Gasteiger charge is -2.38. The molecule has 1 amide bonds. The number of carboxylic acid groups (broad SMARTS) is 1. The van der Waals surface area contributed by atoms with Crippen molar-refractivity contribution in [1.29, 1.82) is 0 Å². The van der Waals surface area contributed by atoms with Gasteiger partial charge in [-0.3, -0.25) is 14.9 Å². The van der Waals surface area contributed by atoms with E-state index in [-0.39, 0.29) is 66.3 Å². The van der Waals surface area contributed by atoms with Gasteiger partial charge in [-0.25, -0.2) is 13.2 Å². The number of nitro benzene ring substituents is 1. The molecule has 53 heavy (non-hydrogen) atoms. The lowest BCUT2D eigenvalue weighted by Crippen LogP contribution is -2.59. The van der Waals surface area contributed by atoms with E-state index in [1.807, 2.05) is 91.0 Å². The van der Waals surface area contributed by atoms with Gasteiger partial charge in [0.25, 0.3) is 11.6 Å². The molecule has 0 radical (unpaired) electrons. The average molecular weight is 738 g/mol. The van der Waals surface area contributed by atoms with Crippen LogP contribution in [0.2, 0.25) is 0 Å². The topological polar surface area (TPSA) is 166 Å². The number of carboxylic acids is 1. The van der Waals surface area contributed by atoms with Gasteiger partial charge in [0, 0.05) is 37.3 Å². The molecule has 5 aromatic carbocycles. The highest BCUT2D eigenvalue weighted by atomic mass is 32.2. The molecule has 1 N–H and O–H groups in total. The molecule has 1 heterocycles. The molecule has 0 aliphatic carbocycles. The monoisotopic (exact) mass is 737 g/mol. The largest absolute Gasteiger partial charge is 0.485 e. The van der Waals surface area contributed by atoms with Crippen LogP contribution in [0.5, 0.6) is 17.2 Å². The predicted molar refractivity (Wildman–Crippen MR) is 193 cm³/mol. The van der Waals surface area contributed by atoms with Gasteiger partial charge in [-0.1, -0.05) is 91.0 Å². The molecule has 6 rings (SSSR count). The molecule has 1 unspecified atom stereocenters. The number of sulfonamides is 1. The maximum atomic E-state index is 14.3. The molecule has 1 atom stereocenters. The number of benzene rings is 5. The van der Waals surface area contributed by atoms with Gasteiger partial charge in [0.15, 0.2) is 11.5 Å². The van der Waals surface area contributed by atoms with E-state index in [0.717, 1.165) is 50.2 Å². The number of carbonyl (C=O) groups is 2. The van der Waals surface area contributed by atoms with E-state index in [9.17, 15) is 33.2 Å². The number of hydrogen-bond acceptors (Lipinski definition) is 9. The highest BCUT2D eigenvalue weighted by Gasteiger charge is 2.40. The van der Waals surface area contributed by atoms with Crippen LogP contribution in [0.4, 0.5) is 5.69 Å². The molecule has 1 fully saturated rings. The number of nitro groups is 1. The summed E-state index contributed by atoms with van der Waals surface area (Å²) in [5, 5.41) is 21.3. The van der Waals surface area contributed by atoms with Crippen LogP contribution in [-0.4, -0.2) is 65.2 Å².